The maximum absolute atomic E-state index is 4.85. The van der Waals surface area contributed by atoms with E-state index in [4.69, 9.17) is 4.42 Å². The molecule has 0 aliphatic carbocycles. The van der Waals surface area contributed by atoms with Crippen molar-refractivity contribution in [2.45, 2.75) is 13.8 Å². The maximum atomic E-state index is 4.85. The van der Waals surface area contributed by atoms with Gasteiger partial charge in [0.25, 0.3) is 0 Å². The van der Waals surface area contributed by atoms with Crippen molar-refractivity contribution in [2.24, 2.45) is 0 Å². The van der Waals surface area contributed by atoms with Gasteiger partial charge in [0.2, 0.25) is 0 Å². The summed E-state index contributed by atoms with van der Waals surface area (Å²) in [4.78, 5) is 0. The normalized spacial score (nSPS) is 10.4. The second-order valence-electron chi connectivity index (χ2n) is 2.01. The van der Waals surface area contributed by atoms with Crippen LogP contribution in [0.25, 0.3) is 0 Å². The Bertz CT molecular complexity index is 139. The van der Waals surface area contributed by atoms with Crippen molar-refractivity contribution in [3.63, 3.8) is 0 Å². The van der Waals surface area contributed by atoms with Crippen LogP contribution in [0.3, 0.4) is 0 Å². The highest BCUT2D eigenvalue weighted by molar-refractivity contribution is 5.22. The van der Waals surface area contributed by atoms with Gasteiger partial charge in [-0.2, -0.15) is 0 Å². The highest BCUT2D eigenvalue weighted by Gasteiger charge is 1.97. The van der Waals surface area contributed by atoms with Gasteiger partial charge < -0.3 is 4.42 Å². The molecule has 0 aliphatic heterocycles. The van der Waals surface area contributed by atoms with Gasteiger partial charge in [-0.25, -0.2) is 0 Å². The summed E-state index contributed by atoms with van der Waals surface area (Å²) in [6, 6.07) is 1.95. The summed E-state index contributed by atoms with van der Waals surface area (Å²) in [5.41, 5.74) is 1.19. The van der Waals surface area contributed by atoms with E-state index in [-0.39, 0.29) is 0 Å². The largest absolute Gasteiger partial charge is 0.472 e. The molecule has 0 saturated heterocycles. The second kappa shape index (κ2) is 2.03. The summed E-state index contributed by atoms with van der Waals surface area (Å²) < 4.78 is 4.85. The summed E-state index contributed by atoms with van der Waals surface area (Å²) in [5, 5.41) is 0. The standard InChI is InChI=1S/C7H9O/c1-6(2)7-3-4-8-5-7/h3-5H,1-2H3. The van der Waals surface area contributed by atoms with Crippen LogP contribution < -0.4 is 0 Å². The third-order valence-corrected chi connectivity index (χ3v) is 1.10. The zero-order valence-corrected chi connectivity index (χ0v) is 5.14. The van der Waals surface area contributed by atoms with Crippen LogP contribution in [0, 0.1) is 5.92 Å². The predicted molar refractivity (Wildman–Crippen MR) is 32.4 cm³/mol. The van der Waals surface area contributed by atoms with Crippen LogP contribution in [-0.2, 0) is 0 Å². The van der Waals surface area contributed by atoms with E-state index < -0.39 is 0 Å². The van der Waals surface area contributed by atoms with Gasteiger partial charge in [-0.3, -0.25) is 0 Å². The van der Waals surface area contributed by atoms with Gasteiger partial charge in [-0.15, -0.1) is 0 Å². The zero-order chi connectivity index (χ0) is 5.98. The quantitative estimate of drug-likeness (QED) is 0.539. The molecule has 0 atom stereocenters. The molecule has 0 aliphatic rings. The number of hydrogen-bond acceptors (Lipinski definition) is 1. The molecule has 1 aromatic heterocycles. The molecule has 1 nitrogen and oxygen atoms in total. The molecule has 43 valence electrons. The SMILES string of the molecule is C[C](C)c1ccoc1. The number of rotatable bonds is 1. The minimum absolute atomic E-state index is 1.19. The summed E-state index contributed by atoms with van der Waals surface area (Å²) in [6.07, 6.45) is 3.43. The summed E-state index contributed by atoms with van der Waals surface area (Å²) >= 11 is 0. The fourth-order valence-electron chi connectivity index (χ4n) is 0.549. The first-order valence-electron chi connectivity index (χ1n) is 2.63. The fourth-order valence-corrected chi connectivity index (χ4v) is 0.549. The van der Waals surface area contributed by atoms with Crippen LogP contribution in [0.15, 0.2) is 23.0 Å². The topological polar surface area (TPSA) is 13.1 Å². The van der Waals surface area contributed by atoms with Gasteiger partial charge in [0.15, 0.2) is 0 Å². The molecule has 1 heteroatoms. The summed E-state index contributed by atoms with van der Waals surface area (Å²) in [6.45, 7) is 4.12. The molecular weight excluding hydrogens is 100 g/mol. The second-order valence-corrected chi connectivity index (χ2v) is 2.01. The Morgan fingerprint density at radius 3 is 2.50 bits per heavy atom. The fraction of sp³-hybridized carbons (Fsp3) is 0.286. The van der Waals surface area contributed by atoms with Crippen LogP contribution in [0.2, 0.25) is 0 Å². The highest BCUT2D eigenvalue weighted by atomic mass is 16.3. The van der Waals surface area contributed by atoms with Gasteiger partial charge in [0.1, 0.15) is 0 Å². The van der Waals surface area contributed by atoms with Crippen molar-refractivity contribution >= 4 is 0 Å². The molecule has 1 rings (SSSR count). The molecule has 1 radical (unpaired) electrons. The molecule has 0 unspecified atom stereocenters. The molecule has 0 N–H and O–H groups in total. The van der Waals surface area contributed by atoms with Crippen molar-refractivity contribution in [1.29, 1.82) is 0 Å². The first-order valence-corrected chi connectivity index (χ1v) is 2.63. The molecule has 8 heavy (non-hydrogen) atoms. The Morgan fingerprint density at radius 1 is 1.50 bits per heavy atom. The Labute approximate surface area is 49.3 Å². The van der Waals surface area contributed by atoms with Crippen molar-refractivity contribution in [3.05, 3.63) is 30.1 Å². The van der Waals surface area contributed by atoms with Crippen molar-refractivity contribution in [2.75, 3.05) is 0 Å². The Balaban J connectivity index is 2.77. The van der Waals surface area contributed by atoms with Crippen molar-refractivity contribution in [3.8, 4) is 0 Å². The molecule has 1 aromatic rings. The van der Waals surface area contributed by atoms with Crippen LogP contribution in [0.1, 0.15) is 19.4 Å². The summed E-state index contributed by atoms with van der Waals surface area (Å²) in [7, 11) is 0. The molecular formula is C7H9O. The third kappa shape index (κ3) is 0.915. The number of furan rings is 1. The Morgan fingerprint density at radius 2 is 2.25 bits per heavy atom. The lowest BCUT2D eigenvalue weighted by molar-refractivity contribution is 0.565. The molecule has 0 amide bonds. The van der Waals surface area contributed by atoms with Crippen LogP contribution >= 0.6 is 0 Å². The van der Waals surface area contributed by atoms with Gasteiger partial charge in [0, 0.05) is 5.92 Å². The van der Waals surface area contributed by atoms with E-state index in [0.717, 1.165) is 0 Å². The third-order valence-electron chi connectivity index (χ3n) is 1.10. The van der Waals surface area contributed by atoms with E-state index >= 15 is 0 Å². The molecule has 0 fully saturated rings. The molecule has 1 heterocycles. The Kier molecular flexibility index (Phi) is 1.38. The average molecular weight is 109 g/mol. The molecule has 0 aromatic carbocycles. The van der Waals surface area contributed by atoms with Gasteiger partial charge in [-0.05, 0) is 11.6 Å². The minimum Gasteiger partial charge on any atom is -0.472 e. The van der Waals surface area contributed by atoms with E-state index in [9.17, 15) is 0 Å². The van der Waals surface area contributed by atoms with E-state index in [1.54, 1.807) is 12.5 Å². The van der Waals surface area contributed by atoms with Crippen molar-refractivity contribution < 1.29 is 4.42 Å². The lowest BCUT2D eigenvalue weighted by Crippen LogP contribution is -1.80. The minimum atomic E-state index is 1.19. The van der Waals surface area contributed by atoms with E-state index in [0.29, 0.717) is 0 Å². The van der Waals surface area contributed by atoms with Crippen LogP contribution in [-0.4, -0.2) is 0 Å². The van der Waals surface area contributed by atoms with E-state index in [2.05, 4.69) is 13.8 Å². The number of hydrogen-bond donors (Lipinski definition) is 0. The van der Waals surface area contributed by atoms with Crippen LogP contribution in [0.5, 0.6) is 0 Å². The first-order chi connectivity index (χ1) is 3.80. The molecule has 0 bridgehead atoms. The van der Waals surface area contributed by atoms with Crippen molar-refractivity contribution in [1.82, 2.24) is 0 Å². The van der Waals surface area contributed by atoms with Gasteiger partial charge in [-0.1, -0.05) is 13.8 Å². The first kappa shape index (κ1) is 5.42. The zero-order valence-electron chi connectivity index (χ0n) is 5.14. The van der Waals surface area contributed by atoms with Gasteiger partial charge >= 0.3 is 0 Å². The average Bonchev–Trinajstić information content (AvgIpc) is 2.12. The molecule has 0 spiro atoms. The van der Waals surface area contributed by atoms with E-state index in [1.807, 2.05) is 6.07 Å². The Hall–Kier alpha value is -0.720. The predicted octanol–water partition coefficient (Wildman–Crippen LogP) is 2.24. The van der Waals surface area contributed by atoms with Crippen LogP contribution in [0.4, 0.5) is 0 Å². The smallest absolute Gasteiger partial charge is 0.0940 e. The monoisotopic (exact) mass is 109 g/mol. The molecule has 0 saturated carbocycles. The van der Waals surface area contributed by atoms with E-state index in [1.165, 1.54) is 11.5 Å². The lowest BCUT2D eigenvalue weighted by atomic mass is 10.1. The highest BCUT2D eigenvalue weighted by Crippen LogP contribution is 2.11. The summed E-state index contributed by atoms with van der Waals surface area (Å²) in [5.74, 6) is 1.29. The van der Waals surface area contributed by atoms with Gasteiger partial charge in [0.05, 0.1) is 12.5 Å². The lowest BCUT2D eigenvalue weighted by Gasteiger charge is -1.93. The maximum Gasteiger partial charge on any atom is 0.0940 e.